The molecule has 196 valence electrons. The van der Waals surface area contributed by atoms with E-state index in [1.54, 1.807) is 18.2 Å². The van der Waals surface area contributed by atoms with E-state index in [1.165, 1.54) is 12.3 Å². The molecule has 2 heterocycles. The first-order chi connectivity index (χ1) is 17.2. The fraction of sp³-hybridized carbons (Fsp3) is 0.167. The molecule has 37 heavy (non-hydrogen) atoms. The number of hydrogen-bond donors (Lipinski definition) is 4. The topological polar surface area (TPSA) is 230 Å². The van der Waals surface area contributed by atoms with E-state index in [9.17, 15) is 34.8 Å². The smallest absolute Gasteiger partial charge is 0.439 e. The number of halogens is 3. The van der Waals surface area contributed by atoms with Crippen LogP contribution in [0.2, 0.25) is 0 Å². The van der Waals surface area contributed by atoms with E-state index >= 15 is 0 Å². The number of alkyl halides is 3. The second-order valence-corrected chi connectivity index (χ2v) is 11.0. The van der Waals surface area contributed by atoms with Gasteiger partial charge in [0.05, 0.1) is 16.6 Å². The third-order valence-electron chi connectivity index (χ3n) is 4.96. The van der Waals surface area contributed by atoms with Crippen molar-refractivity contribution in [2.75, 3.05) is 5.75 Å². The molecule has 2 aromatic heterocycles. The fourth-order valence-electron chi connectivity index (χ4n) is 3.55. The zero-order valence-corrected chi connectivity index (χ0v) is 19.7. The van der Waals surface area contributed by atoms with Crippen LogP contribution in [0.5, 0.6) is 0 Å². The minimum Gasteiger partial charge on any atom is -0.439 e. The highest BCUT2D eigenvalue weighted by Crippen LogP contribution is 2.40. The minimum atomic E-state index is -5.44. The number of nitrogens with zero attached hydrogens (tertiary/aromatic N) is 4. The summed E-state index contributed by atoms with van der Waals surface area (Å²) in [7, 11) is -9.71. The Morgan fingerprint density at radius 1 is 1.08 bits per heavy atom. The third-order valence-corrected chi connectivity index (χ3v) is 7.86. The number of benzene rings is 2. The SMILES string of the molecule is NC(CS(=O)(=O)c1ccc(-c2cccc3cn[nH]c23)c(-c2nnn[nH]2)c1S(N)(=O)=O)OC(=O)C(F)(F)F. The number of fused-ring (bicyclic) bond motifs is 1. The maximum absolute atomic E-state index is 13.1. The van der Waals surface area contributed by atoms with Crippen LogP contribution in [0.25, 0.3) is 33.4 Å². The van der Waals surface area contributed by atoms with Gasteiger partial charge in [-0.05, 0) is 22.1 Å². The Hall–Kier alpha value is -3.94. The number of nitrogens with two attached hydrogens (primary N) is 2. The average Bonchev–Trinajstić information content (AvgIpc) is 3.48. The molecule has 0 aliphatic heterocycles. The number of carbonyl (C=O) groups is 1. The normalized spacial score (nSPS) is 13.5. The van der Waals surface area contributed by atoms with E-state index in [2.05, 4.69) is 35.6 Å². The van der Waals surface area contributed by atoms with Gasteiger partial charge in [0.2, 0.25) is 10.0 Å². The molecule has 2 aromatic carbocycles. The zero-order chi connectivity index (χ0) is 27.2. The van der Waals surface area contributed by atoms with Crippen molar-refractivity contribution in [2.24, 2.45) is 10.9 Å². The van der Waals surface area contributed by atoms with E-state index < -0.39 is 53.8 Å². The molecule has 4 rings (SSSR count). The predicted octanol–water partition coefficient (Wildman–Crippen LogP) is 0.221. The lowest BCUT2D eigenvalue weighted by atomic mass is 9.97. The van der Waals surface area contributed by atoms with Gasteiger partial charge in [0.15, 0.2) is 21.9 Å². The molecule has 0 spiro atoms. The van der Waals surface area contributed by atoms with Gasteiger partial charge in [-0.25, -0.2) is 31.9 Å². The number of carbonyl (C=O) groups excluding carboxylic acids is 1. The second kappa shape index (κ2) is 9.18. The Labute approximate surface area is 205 Å². The number of H-pyrrole nitrogens is 2. The highest BCUT2D eigenvalue weighted by Gasteiger charge is 2.43. The fourth-order valence-corrected chi connectivity index (χ4v) is 6.46. The van der Waals surface area contributed by atoms with Crippen molar-refractivity contribution in [3.63, 3.8) is 0 Å². The summed E-state index contributed by atoms with van der Waals surface area (Å²) in [5.41, 5.74) is 5.89. The van der Waals surface area contributed by atoms with Crippen molar-refractivity contribution in [1.29, 1.82) is 0 Å². The molecule has 1 unspecified atom stereocenters. The summed E-state index contributed by atoms with van der Waals surface area (Å²) in [5, 5.41) is 25.6. The third kappa shape index (κ3) is 5.14. The largest absolute Gasteiger partial charge is 0.490 e. The van der Waals surface area contributed by atoms with Gasteiger partial charge in [0, 0.05) is 16.5 Å². The van der Waals surface area contributed by atoms with Crippen LogP contribution in [0.1, 0.15) is 0 Å². The second-order valence-electron chi connectivity index (χ2n) is 7.47. The number of ether oxygens (including phenoxy) is 1. The van der Waals surface area contributed by atoms with Gasteiger partial charge >= 0.3 is 12.1 Å². The summed E-state index contributed by atoms with van der Waals surface area (Å²) in [6, 6.07) is 7.02. The van der Waals surface area contributed by atoms with Crippen molar-refractivity contribution in [3.8, 4) is 22.5 Å². The number of rotatable bonds is 7. The molecule has 4 aromatic rings. The molecule has 0 fully saturated rings. The molecule has 1 atom stereocenters. The Kier molecular flexibility index (Phi) is 6.48. The number of para-hydroxylation sites is 1. The number of primary sulfonamides is 1. The van der Waals surface area contributed by atoms with E-state index in [0.717, 1.165) is 6.07 Å². The highest BCUT2D eigenvalue weighted by atomic mass is 32.2. The number of tetrazole rings is 1. The van der Waals surface area contributed by atoms with E-state index in [-0.39, 0.29) is 17.0 Å². The molecule has 0 aliphatic rings. The Bertz CT molecular complexity index is 1700. The maximum atomic E-state index is 13.1. The lowest BCUT2D eigenvalue weighted by Crippen LogP contribution is -2.39. The van der Waals surface area contributed by atoms with Gasteiger partial charge in [0.1, 0.15) is 10.6 Å². The monoisotopic (exact) mass is 560 g/mol. The van der Waals surface area contributed by atoms with Crippen molar-refractivity contribution in [2.45, 2.75) is 22.2 Å². The number of nitrogens with one attached hydrogen (secondary N) is 2. The average molecular weight is 560 g/mol. The first-order valence-electron chi connectivity index (χ1n) is 9.82. The number of aromatic amines is 2. The summed E-state index contributed by atoms with van der Waals surface area (Å²) in [6.45, 7) is 0. The summed E-state index contributed by atoms with van der Waals surface area (Å²) in [6.07, 6.45) is -6.23. The van der Waals surface area contributed by atoms with E-state index in [1.807, 2.05) is 0 Å². The first kappa shape index (κ1) is 26.1. The van der Waals surface area contributed by atoms with Crippen molar-refractivity contribution in [3.05, 3.63) is 36.5 Å². The summed E-state index contributed by atoms with van der Waals surface area (Å²) >= 11 is 0. The molecule has 0 radical (unpaired) electrons. The summed E-state index contributed by atoms with van der Waals surface area (Å²) < 4.78 is 93.2. The Balaban J connectivity index is 1.94. The molecule has 0 amide bonds. The van der Waals surface area contributed by atoms with Crippen molar-refractivity contribution >= 4 is 36.7 Å². The molecule has 19 heteroatoms. The Morgan fingerprint density at radius 3 is 2.43 bits per heavy atom. The maximum Gasteiger partial charge on any atom is 0.490 e. The molecular formula is C18H15F3N8O6S2. The van der Waals surface area contributed by atoms with Gasteiger partial charge in [-0.3, -0.25) is 10.8 Å². The quantitative estimate of drug-likeness (QED) is 0.176. The van der Waals surface area contributed by atoms with Gasteiger partial charge in [0.25, 0.3) is 0 Å². The van der Waals surface area contributed by atoms with Crippen LogP contribution in [0.15, 0.2) is 46.3 Å². The van der Waals surface area contributed by atoms with Crippen LogP contribution in [0.4, 0.5) is 13.2 Å². The molecular weight excluding hydrogens is 545 g/mol. The number of hydrogen-bond acceptors (Lipinski definition) is 11. The van der Waals surface area contributed by atoms with Crippen LogP contribution in [0.3, 0.4) is 0 Å². The van der Waals surface area contributed by atoms with Crippen molar-refractivity contribution < 1.29 is 39.5 Å². The lowest BCUT2D eigenvalue weighted by Gasteiger charge is -2.18. The molecule has 0 saturated heterocycles. The molecule has 0 bridgehead atoms. The molecule has 14 nitrogen and oxygen atoms in total. The number of esters is 1. The standard InChI is InChI=1S/C18H15F3N8O6S2/c19-18(20,21)17(30)35-12(22)7-36(31,32)11-5-4-9(10-3-1-2-8-6-24-25-14(8)10)13(15(11)37(23,33)34)16-26-28-29-27-16/h1-6,12H,7,22H2,(H,24,25)(H2,23,33,34)(H,26,27,28,29). The van der Waals surface area contributed by atoms with Gasteiger partial charge in [-0.1, -0.05) is 24.3 Å². The first-order valence-corrected chi connectivity index (χ1v) is 13.0. The van der Waals surface area contributed by atoms with Crippen LogP contribution in [-0.4, -0.2) is 71.8 Å². The van der Waals surface area contributed by atoms with Crippen LogP contribution < -0.4 is 10.9 Å². The lowest BCUT2D eigenvalue weighted by molar-refractivity contribution is -0.203. The van der Waals surface area contributed by atoms with E-state index in [4.69, 9.17) is 10.9 Å². The molecule has 6 N–H and O–H groups in total. The molecule has 0 saturated carbocycles. The number of sulfone groups is 1. The van der Waals surface area contributed by atoms with Gasteiger partial charge in [-0.15, -0.1) is 5.10 Å². The van der Waals surface area contributed by atoms with Gasteiger partial charge in [-0.2, -0.15) is 18.3 Å². The summed E-state index contributed by atoms with van der Waals surface area (Å²) in [5.74, 6) is -4.42. The highest BCUT2D eigenvalue weighted by molar-refractivity contribution is 7.93. The molecule has 0 aliphatic carbocycles. The van der Waals surface area contributed by atoms with Crippen LogP contribution >= 0.6 is 0 Å². The Morgan fingerprint density at radius 2 is 1.81 bits per heavy atom. The zero-order valence-electron chi connectivity index (χ0n) is 18.1. The number of aromatic nitrogens is 6. The van der Waals surface area contributed by atoms with Crippen molar-refractivity contribution in [1.82, 2.24) is 30.8 Å². The predicted molar refractivity (Wildman–Crippen MR) is 118 cm³/mol. The van der Waals surface area contributed by atoms with Crippen LogP contribution in [-0.2, 0) is 29.4 Å². The van der Waals surface area contributed by atoms with E-state index in [0.29, 0.717) is 16.5 Å². The van der Waals surface area contributed by atoms with Crippen LogP contribution in [0, 0.1) is 0 Å². The summed E-state index contributed by atoms with van der Waals surface area (Å²) in [4.78, 5) is 9.15. The minimum absolute atomic E-state index is 0.115. The number of sulfonamides is 1. The van der Waals surface area contributed by atoms with Gasteiger partial charge < -0.3 is 4.74 Å².